The summed E-state index contributed by atoms with van der Waals surface area (Å²) in [4.78, 5) is 0. The first-order chi connectivity index (χ1) is 5.81. The smallest absolute Gasteiger partial charge is 0.0000298 e. The van der Waals surface area contributed by atoms with Gasteiger partial charge in [0.25, 0.3) is 0 Å². The summed E-state index contributed by atoms with van der Waals surface area (Å²) in [5.74, 6) is 0.826. The second-order valence-corrected chi connectivity index (χ2v) is 4.17. The Balaban J connectivity index is 2.27. The van der Waals surface area contributed by atoms with Crippen LogP contribution in [0.25, 0.3) is 6.08 Å². The van der Waals surface area contributed by atoms with Crippen molar-refractivity contribution in [3.8, 4) is 0 Å². The standard InChI is InChI=1S/C12H12/c1-12-8-10(12)7-6-9-4-2-3-5-11(9)12/h2-7,10H,8H2,1H3. The molecule has 0 radical (unpaired) electrons. The van der Waals surface area contributed by atoms with E-state index in [4.69, 9.17) is 0 Å². The summed E-state index contributed by atoms with van der Waals surface area (Å²) in [6.45, 7) is 2.38. The molecule has 1 aromatic carbocycles. The number of benzene rings is 1. The number of hydrogen-bond donors (Lipinski definition) is 0. The van der Waals surface area contributed by atoms with Gasteiger partial charge in [0.15, 0.2) is 0 Å². The fraction of sp³-hybridized carbons (Fsp3) is 0.333. The minimum atomic E-state index is 0.491. The molecule has 0 amide bonds. The van der Waals surface area contributed by atoms with Gasteiger partial charge < -0.3 is 0 Å². The third-order valence-electron chi connectivity index (χ3n) is 3.39. The molecule has 2 atom stereocenters. The highest BCUT2D eigenvalue weighted by Gasteiger charge is 2.51. The summed E-state index contributed by atoms with van der Waals surface area (Å²) in [7, 11) is 0. The van der Waals surface area contributed by atoms with Crippen LogP contribution in [0, 0.1) is 5.92 Å². The third-order valence-corrected chi connectivity index (χ3v) is 3.39. The molecule has 1 aromatic rings. The maximum Gasteiger partial charge on any atom is -0.0000298 e. The topological polar surface area (TPSA) is 0 Å². The molecule has 0 bridgehead atoms. The highest BCUT2D eigenvalue weighted by molar-refractivity contribution is 5.63. The summed E-state index contributed by atoms with van der Waals surface area (Å²) in [6, 6.07) is 8.76. The van der Waals surface area contributed by atoms with E-state index in [0.717, 1.165) is 5.92 Å². The second-order valence-electron chi connectivity index (χ2n) is 4.17. The van der Waals surface area contributed by atoms with Gasteiger partial charge >= 0.3 is 0 Å². The molecule has 0 spiro atoms. The molecule has 1 saturated carbocycles. The van der Waals surface area contributed by atoms with Crippen LogP contribution < -0.4 is 0 Å². The van der Waals surface area contributed by atoms with Crippen molar-refractivity contribution in [2.24, 2.45) is 5.92 Å². The lowest BCUT2D eigenvalue weighted by Gasteiger charge is -2.17. The van der Waals surface area contributed by atoms with E-state index >= 15 is 0 Å². The number of hydrogen-bond acceptors (Lipinski definition) is 0. The molecule has 1 fully saturated rings. The molecular weight excluding hydrogens is 144 g/mol. The normalized spacial score (nSPS) is 35.6. The molecular formula is C12H12. The van der Waals surface area contributed by atoms with Gasteiger partial charge in [-0.05, 0) is 28.9 Å². The highest BCUT2D eigenvalue weighted by Crippen LogP contribution is 2.58. The van der Waals surface area contributed by atoms with Crippen LogP contribution >= 0.6 is 0 Å². The van der Waals surface area contributed by atoms with Crippen molar-refractivity contribution in [3.63, 3.8) is 0 Å². The lowest BCUT2D eigenvalue weighted by molar-refractivity contribution is 0.728. The van der Waals surface area contributed by atoms with Gasteiger partial charge in [0.2, 0.25) is 0 Å². The van der Waals surface area contributed by atoms with Crippen molar-refractivity contribution < 1.29 is 0 Å². The lowest BCUT2D eigenvalue weighted by Crippen LogP contribution is -2.08. The van der Waals surface area contributed by atoms with Gasteiger partial charge in [0.1, 0.15) is 0 Å². The Labute approximate surface area is 72.9 Å². The number of fused-ring (bicyclic) bond motifs is 3. The third kappa shape index (κ3) is 0.632. The highest BCUT2D eigenvalue weighted by atomic mass is 14.5. The van der Waals surface area contributed by atoms with E-state index in [-0.39, 0.29) is 0 Å². The molecule has 0 heterocycles. The SMILES string of the molecule is CC12CC1C=Cc1ccccc12. The maximum absolute atomic E-state index is 2.38. The molecule has 12 heavy (non-hydrogen) atoms. The van der Waals surface area contributed by atoms with Crippen LogP contribution in [0.4, 0.5) is 0 Å². The zero-order chi connectivity index (χ0) is 8.18. The summed E-state index contributed by atoms with van der Waals surface area (Å²) in [6.07, 6.45) is 5.98. The van der Waals surface area contributed by atoms with Gasteiger partial charge in [0.05, 0.1) is 0 Å². The van der Waals surface area contributed by atoms with Gasteiger partial charge in [-0.2, -0.15) is 0 Å². The first-order valence-corrected chi connectivity index (χ1v) is 4.58. The Hall–Kier alpha value is -1.04. The van der Waals surface area contributed by atoms with Crippen molar-refractivity contribution >= 4 is 6.08 Å². The average molecular weight is 156 g/mol. The molecule has 0 aromatic heterocycles. The van der Waals surface area contributed by atoms with Crippen molar-refractivity contribution in [2.45, 2.75) is 18.8 Å². The first kappa shape index (κ1) is 6.47. The fourth-order valence-electron chi connectivity index (χ4n) is 2.37. The van der Waals surface area contributed by atoms with Crippen molar-refractivity contribution in [2.75, 3.05) is 0 Å². The van der Waals surface area contributed by atoms with Gasteiger partial charge in [-0.3, -0.25) is 0 Å². The molecule has 2 aliphatic rings. The minimum Gasteiger partial charge on any atom is -0.0799 e. The van der Waals surface area contributed by atoms with E-state index in [0.29, 0.717) is 5.41 Å². The van der Waals surface area contributed by atoms with Crippen molar-refractivity contribution in [1.82, 2.24) is 0 Å². The summed E-state index contributed by atoms with van der Waals surface area (Å²) in [5, 5.41) is 0. The van der Waals surface area contributed by atoms with Crippen molar-refractivity contribution in [1.29, 1.82) is 0 Å². The lowest BCUT2D eigenvalue weighted by atomic mass is 9.87. The minimum absolute atomic E-state index is 0.491. The van der Waals surface area contributed by atoms with Gasteiger partial charge in [-0.25, -0.2) is 0 Å². The van der Waals surface area contributed by atoms with E-state index in [2.05, 4.69) is 43.3 Å². The van der Waals surface area contributed by atoms with Crippen molar-refractivity contribution in [3.05, 3.63) is 41.5 Å². The van der Waals surface area contributed by atoms with E-state index in [1.807, 2.05) is 0 Å². The first-order valence-electron chi connectivity index (χ1n) is 4.58. The summed E-state index contributed by atoms with van der Waals surface area (Å²) in [5.41, 5.74) is 3.47. The summed E-state index contributed by atoms with van der Waals surface area (Å²) >= 11 is 0. The van der Waals surface area contributed by atoms with Crippen LogP contribution in [-0.2, 0) is 5.41 Å². The molecule has 0 nitrogen and oxygen atoms in total. The van der Waals surface area contributed by atoms with Crippen LogP contribution in [0.1, 0.15) is 24.5 Å². The maximum atomic E-state index is 2.38. The zero-order valence-electron chi connectivity index (χ0n) is 7.25. The quantitative estimate of drug-likeness (QED) is 0.541. The predicted octanol–water partition coefficient (Wildman–Crippen LogP) is 2.99. The largest absolute Gasteiger partial charge is 0.0799 e. The number of allylic oxidation sites excluding steroid dienone is 1. The van der Waals surface area contributed by atoms with Crippen LogP contribution in [0.5, 0.6) is 0 Å². The predicted molar refractivity (Wildman–Crippen MR) is 50.9 cm³/mol. The van der Waals surface area contributed by atoms with E-state index in [1.165, 1.54) is 12.0 Å². The summed E-state index contributed by atoms with van der Waals surface area (Å²) < 4.78 is 0. The molecule has 60 valence electrons. The molecule has 2 unspecified atom stereocenters. The second kappa shape index (κ2) is 1.82. The average Bonchev–Trinajstić information content (AvgIpc) is 2.78. The molecule has 3 rings (SSSR count). The van der Waals surface area contributed by atoms with Gasteiger partial charge in [0, 0.05) is 0 Å². The van der Waals surface area contributed by atoms with E-state index in [9.17, 15) is 0 Å². The van der Waals surface area contributed by atoms with Crippen LogP contribution in [0.3, 0.4) is 0 Å². The van der Waals surface area contributed by atoms with Crippen LogP contribution in [0.2, 0.25) is 0 Å². The van der Waals surface area contributed by atoms with Crippen LogP contribution in [0.15, 0.2) is 30.3 Å². The zero-order valence-corrected chi connectivity index (χ0v) is 7.25. The monoisotopic (exact) mass is 156 g/mol. The molecule has 0 heteroatoms. The Morgan fingerprint density at radius 1 is 1.33 bits per heavy atom. The molecule has 0 N–H and O–H groups in total. The van der Waals surface area contributed by atoms with E-state index < -0.39 is 0 Å². The molecule has 2 aliphatic carbocycles. The van der Waals surface area contributed by atoms with Gasteiger partial charge in [-0.15, -0.1) is 0 Å². The van der Waals surface area contributed by atoms with Gasteiger partial charge in [-0.1, -0.05) is 43.3 Å². The molecule has 0 saturated heterocycles. The Kier molecular flexibility index (Phi) is 0.982. The number of rotatable bonds is 0. The molecule has 0 aliphatic heterocycles. The fourth-order valence-corrected chi connectivity index (χ4v) is 2.37. The Morgan fingerprint density at radius 3 is 3.08 bits per heavy atom. The Morgan fingerprint density at radius 2 is 2.17 bits per heavy atom. The Bertz CT molecular complexity index is 362. The van der Waals surface area contributed by atoms with Crippen LogP contribution in [-0.4, -0.2) is 0 Å². The van der Waals surface area contributed by atoms with E-state index in [1.54, 1.807) is 5.56 Å².